The van der Waals surface area contributed by atoms with Crippen LogP contribution in [0.25, 0.3) is 10.9 Å². The summed E-state index contributed by atoms with van der Waals surface area (Å²) < 4.78 is 5.48. The van der Waals surface area contributed by atoms with Crippen LogP contribution in [0, 0.1) is 11.8 Å². The van der Waals surface area contributed by atoms with Crippen molar-refractivity contribution in [2.75, 3.05) is 20.2 Å². The van der Waals surface area contributed by atoms with Gasteiger partial charge >= 0.3 is 0 Å². The van der Waals surface area contributed by atoms with Crippen LogP contribution in [0.15, 0.2) is 65.8 Å². The van der Waals surface area contributed by atoms with Crippen molar-refractivity contribution in [2.24, 2.45) is 28.3 Å². The topological polar surface area (TPSA) is 107 Å². The zero-order chi connectivity index (χ0) is 23.9. The Morgan fingerprint density at radius 2 is 1.76 bits per heavy atom. The molecule has 178 valence electrons. The van der Waals surface area contributed by atoms with E-state index in [-0.39, 0.29) is 11.9 Å². The molecule has 3 aromatic rings. The lowest BCUT2D eigenvalue weighted by atomic mass is 9.81. The average molecular weight is 460 g/mol. The number of fused-ring (bicyclic) bond motifs is 1. The van der Waals surface area contributed by atoms with Crippen molar-refractivity contribution in [1.82, 2.24) is 9.88 Å². The maximum Gasteiger partial charge on any atom is 0.257 e. The first-order valence-corrected chi connectivity index (χ1v) is 11.8. The number of methoxy groups -OCH3 is 1. The molecular formula is C27H33N5O2. The maximum absolute atomic E-state index is 13.7. The zero-order valence-corrected chi connectivity index (χ0v) is 19.7. The maximum atomic E-state index is 13.7. The van der Waals surface area contributed by atoms with Crippen molar-refractivity contribution >= 4 is 22.8 Å². The fourth-order valence-electron chi connectivity index (χ4n) is 4.78. The second kappa shape index (κ2) is 11.0. The molecule has 1 fully saturated rings. The Morgan fingerprint density at radius 1 is 1.06 bits per heavy atom. The monoisotopic (exact) mass is 459 g/mol. The Kier molecular flexibility index (Phi) is 7.62. The summed E-state index contributed by atoms with van der Waals surface area (Å²) in [6.07, 6.45) is 6.11. The van der Waals surface area contributed by atoms with Gasteiger partial charge in [-0.1, -0.05) is 30.3 Å². The summed E-state index contributed by atoms with van der Waals surface area (Å²) in [5.41, 5.74) is 13.5. The van der Waals surface area contributed by atoms with E-state index in [0.717, 1.165) is 42.1 Å². The van der Waals surface area contributed by atoms with Crippen LogP contribution in [0.1, 0.15) is 41.6 Å². The standard InChI is InChI=1S/C27H33N5O2/c1-34-25-9-5-3-7-23(25)26(33)32(17-20-12-10-19(11-13-20)15-31-27(28)29)18-21-14-22-6-2-4-8-24(22)30-16-21/h2-9,14,16,19-20H,10-13,15,17-18H2,1H3,(H4,28,29,31). The van der Waals surface area contributed by atoms with Crippen molar-refractivity contribution in [3.63, 3.8) is 0 Å². The molecular weight excluding hydrogens is 426 g/mol. The van der Waals surface area contributed by atoms with Gasteiger partial charge in [-0.15, -0.1) is 0 Å². The molecule has 1 aliphatic rings. The largest absolute Gasteiger partial charge is 0.496 e. The third-order valence-corrected chi connectivity index (χ3v) is 6.62. The Bertz CT molecular complexity index is 1150. The van der Waals surface area contributed by atoms with Crippen LogP contribution in [-0.4, -0.2) is 41.9 Å². The van der Waals surface area contributed by atoms with Gasteiger partial charge in [0, 0.05) is 31.2 Å². The Hall–Kier alpha value is -3.61. The van der Waals surface area contributed by atoms with Gasteiger partial charge in [0.15, 0.2) is 5.96 Å². The predicted molar refractivity (Wildman–Crippen MR) is 136 cm³/mol. The van der Waals surface area contributed by atoms with Gasteiger partial charge in [-0.3, -0.25) is 14.8 Å². The lowest BCUT2D eigenvalue weighted by Crippen LogP contribution is -2.36. The smallest absolute Gasteiger partial charge is 0.257 e. The van der Waals surface area contributed by atoms with Crippen LogP contribution in [0.5, 0.6) is 5.75 Å². The predicted octanol–water partition coefficient (Wildman–Crippen LogP) is 3.97. The molecule has 0 bridgehead atoms. The summed E-state index contributed by atoms with van der Waals surface area (Å²) >= 11 is 0. The molecule has 1 amide bonds. The summed E-state index contributed by atoms with van der Waals surface area (Å²) in [5, 5.41) is 1.07. The third kappa shape index (κ3) is 5.84. The van der Waals surface area contributed by atoms with Gasteiger partial charge in [0.1, 0.15) is 5.75 Å². The molecule has 1 aromatic heterocycles. The second-order valence-corrected chi connectivity index (χ2v) is 9.07. The number of carbonyl (C=O) groups is 1. The highest BCUT2D eigenvalue weighted by atomic mass is 16.5. The SMILES string of the molecule is COc1ccccc1C(=O)N(Cc1cnc2ccccc2c1)CC1CCC(CN=C(N)N)CC1. The highest BCUT2D eigenvalue weighted by molar-refractivity contribution is 5.97. The molecule has 4 N–H and O–H groups in total. The van der Waals surface area contributed by atoms with Gasteiger partial charge in [0.2, 0.25) is 0 Å². The minimum absolute atomic E-state index is 0.0202. The Labute approximate surface area is 200 Å². The van der Waals surface area contributed by atoms with Crippen molar-refractivity contribution < 1.29 is 9.53 Å². The van der Waals surface area contributed by atoms with Crippen molar-refractivity contribution in [3.05, 3.63) is 71.9 Å². The van der Waals surface area contributed by atoms with Crippen LogP contribution in [0.4, 0.5) is 0 Å². The highest BCUT2D eigenvalue weighted by Gasteiger charge is 2.27. The number of ether oxygens (including phenoxy) is 1. The molecule has 0 atom stereocenters. The number of hydrogen-bond donors (Lipinski definition) is 2. The summed E-state index contributed by atoms with van der Waals surface area (Å²) in [5.74, 6) is 1.66. The van der Waals surface area contributed by atoms with E-state index >= 15 is 0 Å². The fourth-order valence-corrected chi connectivity index (χ4v) is 4.78. The van der Waals surface area contributed by atoms with E-state index in [2.05, 4.69) is 22.1 Å². The summed E-state index contributed by atoms with van der Waals surface area (Å²) in [7, 11) is 1.60. The molecule has 1 heterocycles. The van der Waals surface area contributed by atoms with Gasteiger partial charge in [0.25, 0.3) is 5.91 Å². The van der Waals surface area contributed by atoms with E-state index in [1.807, 2.05) is 53.6 Å². The van der Waals surface area contributed by atoms with E-state index in [1.54, 1.807) is 7.11 Å². The van der Waals surface area contributed by atoms with Crippen LogP contribution < -0.4 is 16.2 Å². The molecule has 2 aromatic carbocycles. The average Bonchev–Trinajstić information content (AvgIpc) is 2.87. The van der Waals surface area contributed by atoms with Gasteiger partial charge in [-0.2, -0.15) is 0 Å². The Balaban J connectivity index is 1.52. The van der Waals surface area contributed by atoms with E-state index in [1.165, 1.54) is 0 Å². The number of aliphatic imine (C=N–C) groups is 1. The van der Waals surface area contributed by atoms with E-state index in [0.29, 0.717) is 42.8 Å². The van der Waals surface area contributed by atoms with Crippen molar-refractivity contribution in [1.29, 1.82) is 0 Å². The molecule has 7 heteroatoms. The van der Waals surface area contributed by atoms with Gasteiger partial charge in [-0.05, 0) is 67.3 Å². The number of nitrogens with zero attached hydrogens (tertiary/aromatic N) is 3. The first-order chi connectivity index (χ1) is 16.5. The lowest BCUT2D eigenvalue weighted by molar-refractivity contribution is 0.0687. The van der Waals surface area contributed by atoms with Crippen LogP contribution in [0.2, 0.25) is 0 Å². The normalized spacial score (nSPS) is 17.8. The minimum Gasteiger partial charge on any atom is -0.496 e. The number of hydrogen-bond acceptors (Lipinski definition) is 4. The van der Waals surface area contributed by atoms with Gasteiger partial charge in [-0.25, -0.2) is 0 Å². The van der Waals surface area contributed by atoms with E-state index < -0.39 is 0 Å². The van der Waals surface area contributed by atoms with Gasteiger partial charge < -0.3 is 21.1 Å². The number of pyridine rings is 1. The number of amides is 1. The molecule has 1 saturated carbocycles. The third-order valence-electron chi connectivity index (χ3n) is 6.62. The number of carbonyl (C=O) groups excluding carboxylic acids is 1. The number of aromatic nitrogens is 1. The molecule has 4 rings (SSSR count). The van der Waals surface area contributed by atoms with E-state index in [9.17, 15) is 4.79 Å². The molecule has 1 aliphatic carbocycles. The number of guanidine groups is 1. The van der Waals surface area contributed by atoms with Crippen molar-refractivity contribution in [2.45, 2.75) is 32.2 Å². The second-order valence-electron chi connectivity index (χ2n) is 9.07. The molecule has 7 nitrogen and oxygen atoms in total. The highest BCUT2D eigenvalue weighted by Crippen LogP contribution is 2.31. The fraction of sp³-hybridized carbons (Fsp3) is 0.370. The molecule has 0 spiro atoms. The summed E-state index contributed by atoms with van der Waals surface area (Å²) in [6.45, 7) is 1.88. The number of para-hydroxylation sites is 2. The quantitative estimate of drug-likeness (QED) is 0.392. The van der Waals surface area contributed by atoms with Crippen LogP contribution in [0.3, 0.4) is 0 Å². The molecule has 34 heavy (non-hydrogen) atoms. The summed E-state index contributed by atoms with van der Waals surface area (Å²) in [6, 6.07) is 17.6. The lowest BCUT2D eigenvalue weighted by Gasteiger charge is -2.33. The molecule has 0 radical (unpaired) electrons. The molecule has 0 saturated heterocycles. The molecule has 0 aliphatic heterocycles. The van der Waals surface area contributed by atoms with Crippen molar-refractivity contribution in [3.8, 4) is 5.75 Å². The first kappa shape index (κ1) is 23.5. The zero-order valence-electron chi connectivity index (χ0n) is 19.7. The number of nitrogens with two attached hydrogens (primary N) is 2. The first-order valence-electron chi connectivity index (χ1n) is 11.8. The van der Waals surface area contributed by atoms with Crippen LogP contribution in [-0.2, 0) is 6.54 Å². The van der Waals surface area contributed by atoms with Crippen LogP contribution >= 0.6 is 0 Å². The number of rotatable bonds is 8. The van der Waals surface area contributed by atoms with Gasteiger partial charge in [0.05, 0.1) is 18.2 Å². The number of benzene rings is 2. The summed E-state index contributed by atoms with van der Waals surface area (Å²) in [4.78, 5) is 24.4. The van der Waals surface area contributed by atoms with E-state index in [4.69, 9.17) is 16.2 Å². The molecule has 0 unspecified atom stereocenters. The Morgan fingerprint density at radius 3 is 2.53 bits per heavy atom. The minimum atomic E-state index is -0.0202.